The van der Waals surface area contributed by atoms with Crippen LogP contribution in [0.1, 0.15) is 34.0 Å². The molecule has 1 aliphatic rings. The van der Waals surface area contributed by atoms with E-state index in [0.717, 1.165) is 45.5 Å². The number of carbonyl (C=O) groups excluding carboxylic acids is 1. The summed E-state index contributed by atoms with van der Waals surface area (Å²) in [5.74, 6) is 1.36. The maximum atomic E-state index is 13.6. The van der Waals surface area contributed by atoms with Crippen molar-refractivity contribution in [3.05, 3.63) is 82.7 Å². The van der Waals surface area contributed by atoms with E-state index in [1.807, 2.05) is 55.1 Å². The van der Waals surface area contributed by atoms with Gasteiger partial charge in [-0.05, 0) is 73.4 Å². The van der Waals surface area contributed by atoms with Gasteiger partial charge in [-0.1, -0.05) is 6.07 Å². The van der Waals surface area contributed by atoms with Gasteiger partial charge in [0.1, 0.15) is 23.2 Å². The number of aromatic nitrogens is 2. The van der Waals surface area contributed by atoms with Crippen LogP contribution in [0.3, 0.4) is 0 Å². The van der Waals surface area contributed by atoms with Gasteiger partial charge in [0, 0.05) is 41.1 Å². The summed E-state index contributed by atoms with van der Waals surface area (Å²) in [7, 11) is 3.26. The van der Waals surface area contributed by atoms with Crippen molar-refractivity contribution in [2.45, 2.75) is 26.3 Å². The summed E-state index contributed by atoms with van der Waals surface area (Å²) < 4.78 is 11.1. The van der Waals surface area contributed by atoms with Crippen LogP contribution in [-0.4, -0.2) is 41.7 Å². The number of nitrogens with one attached hydrogen (secondary N) is 2. The lowest BCUT2D eigenvalue weighted by Crippen LogP contribution is -2.43. The highest BCUT2D eigenvalue weighted by Gasteiger charge is 2.36. The molecule has 1 aliphatic heterocycles. The van der Waals surface area contributed by atoms with E-state index in [1.54, 1.807) is 20.4 Å². The summed E-state index contributed by atoms with van der Waals surface area (Å²) in [6.45, 7) is 4.61. The van der Waals surface area contributed by atoms with Crippen LogP contribution in [0.25, 0.3) is 11.0 Å². The van der Waals surface area contributed by atoms with E-state index < -0.39 is 0 Å². The summed E-state index contributed by atoms with van der Waals surface area (Å²) in [5, 5.41) is 4.20. The number of urea groups is 1. The maximum absolute atomic E-state index is 13.6. The average molecular weight is 457 g/mol. The fraction of sp³-hybridized carbons (Fsp3) is 0.259. The molecule has 0 saturated carbocycles. The Labute approximate surface area is 198 Å². The molecule has 2 aromatic heterocycles. The molecule has 0 radical (unpaired) electrons. The number of H-pyrrole nitrogens is 1. The molecule has 3 heterocycles. The van der Waals surface area contributed by atoms with E-state index in [2.05, 4.69) is 27.4 Å². The van der Waals surface area contributed by atoms with E-state index in [1.165, 1.54) is 5.56 Å². The number of aromatic amines is 1. The van der Waals surface area contributed by atoms with Crippen LogP contribution < -0.4 is 14.8 Å². The van der Waals surface area contributed by atoms with Crippen molar-refractivity contribution in [3.8, 4) is 11.5 Å². The van der Waals surface area contributed by atoms with Gasteiger partial charge >= 0.3 is 6.03 Å². The Morgan fingerprint density at radius 1 is 1.09 bits per heavy atom. The molecule has 2 aromatic carbocycles. The summed E-state index contributed by atoms with van der Waals surface area (Å²) in [4.78, 5) is 23.5. The van der Waals surface area contributed by atoms with Gasteiger partial charge in [-0.3, -0.25) is 0 Å². The molecule has 1 unspecified atom stereocenters. The number of aryl methyl sites for hydroxylation is 2. The number of fused-ring (bicyclic) bond motifs is 3. The third kappa shape index (κ3) is 3.83. The zero-order valence-electron chi connectivity index (χ0n) is 19.8. The molecular weight excluding hydrogens is 428 g/mol. The van der Waals surface area contributed by atoms with Crippen molar-refractivity contribution < 1.29 is 14.3 Å². The van der Waals surface area contributed by atoms with Gasteiger partial charge in [0.2, 0.25) is 0 Å². The largest absolute Gasteiger partial charge is 0.497 e. The predicted molar refractivity (Wildman–Crippen MR) is 133 cm³/mol. The van der Waals surface area contributed by atoms with Crippen molar-refractivity contribution in [2.75, 3.05) is 26.1 Å². The van der Waals surface area contributed by atoms with Gasteiger partial charge in [-0.15, -0.1) is 0 Å². The third-order valence-corrected chi connectivity index (χ3v) is 6.37. The zero-order valence-corrected chi connectivity index (χ0v) is 19.8. The zero-order chi connectivity index (χ0) is 23.8. The number of pyridine rings is 1. The Morgan fingerprint density at radius 2 is 1.88 bits per heavy atom. The molecule has 5 rings (SSSR count). The van der Waals surface area contributed by atoms with Crippen LogP contribution in [0.5, 0.6) is 11.5 Å². The van der Waals surface area contributed by atoms with Gasteiger partial charge < -0.3 is 24.7 Å². The second-order valence-electron chi connectivity index (χ2n) is 8.68. The van der Waals surface area contributed by atoms with Crippen LogP contribution >= 0.6 is 0 Å². The van der Waals surface area contributed by atoms with Gasteiger partial charge in [-0.2, -0.15) is 0 Å². The van der Waals surface area contributed by atoms with Crippen LogP contribution in [0, 0.1) is 13.8 Å². The topological polar surface area (TPSA) is 79.5 Å². The number of carbonyl (C=O) groups is 1. The van der Waals surface area contributed by atoms with Crippen molar-refractivity contribution >= 4 is 22.8 Å². The Kier molecular flexibility index (Phi) is 5.61. The molecule has 0 spiro atoms. The molecule has 34 heavy (non-hydrogen) atoms. The van der Waals surface area contributed by atoms with Crippen molar-refractivity contribution in [1.82, 2.24) is 14.9 Å². The Bertz CT molecular complexity index is 1360. The normalized spacial score (nSPS) is 15.2. The fourth-order valence-electron chi connectivity index (χ4n) is 4.95. The molecule has 2 N–H and O–H groups in total. The highest BCUT2D eigenvalue weighted by Crippen LogP contribution is 2.42. The van der Waals surface area contributed by atoms with E-state index in [0.29, 0.717) is 18.0 Å². The van der Waals surface area contributed by atoms with Crippen molar-refractivity contribution in [1.29, 1.82) is 0 Å². The first kappa shape index (κ1) is 21.8. The summed E-state index contributed by atoms with van der Waals surface area (Å²) >= 11 is 0. The smallest absolute Gasteiger partial charge is 0.322 e. The first-order chi connectivity index (χ1) is 16.5. The van der Waals surface area contributed by atoms with E-state index >= 15 is 0 Å². The van der Waals surface area contributed by atoms with Gasteiger partial charge in [0.15, 0.2) is 0 Å². The Hall–Kier alpha value is -4.00. The van der Waals surface area contributed by atoms with Crippen molar-refractivity contribution in [2.24, 2.45) is 0 Å². The lowest BCUT2D eigenvalue weighted by atomic mass is 9.92. The number of amides is 2. The molecule has 0 saturated heterocycles. The average Bonchev–Trinajstić information content (AvgIpc) is 3.21. The lowest BCUT2D eigenvalue weighted by Gasteiger charge is -2.36. The van der Waals surface area contributed by atoms with Gasteiger partial charge in [0.25, 0.3) is 0 Å². The molecule has 1 atom stereocenters. The van der Waals surface area contributed by atoms with E-state index in [-0.39, 0.29) is 12.1 Å². The fourth-order valence-corrected chi connectivity index (χ4v) is 4.95. The maximum Gasteiger partial charge on any atom is 0.322 e. The Balaban J connectivity index is 1.62. The van der Waals surface area contributed by atoms with Crippen molar-refractivity contribution in [3.63, 3.8) is 0 Å². The molecule has 7 nitrogen and oxygen atoms in total. The Morgan fingerprint density at radius 3 is 2.62 bits per heavy atom. The number of anilines is 1. The van der Waals surface area contributed by atoms with Crippen LogP contribution in [-0.2, 0) is 6.42 Å². The molecule has 0 bridgehead atoms. The predicted octanol–water partition coefficient (Wildman–Crippen LogP) is 5.38. The molecule has 4 aromatic rings. The number of rotatable bonds is 4. The molecule has 2 amide bonds. The van der Waals surface area contributed by atoms with Crippen LogP contribution in [0.4, 0.5) is 10.5 Å². The minimum atomic E-state index is -0.371. The SMILES string of the molecule is COc1ccc(C2c3[nH]c4ncccc4c3CCN2C(=O)Nc2cc(C)cc(C)c2)c(OC)c1. The number of benzene rings is 2. The minimum Gasteiger partial charge on any atom is -0.497 e. The number of hydrogen-bond acceptors (Lipinski definition) is 4. The summed E-state index contributed by atoms with van der Waals surface area (Å²) in [6, 6.07) is 15.3. The lowest BCUT2D eigenvalue weighted by molar-refractivity contribution is 0.192. The summed E-state index contributed by atoms with van der Waals surface area (Å²) in [6.07, 6.45) is 2.51. The van der Waals surface area contributed by atoms with Crippen LogP contribution in [0.15, 0.2) is 54.7 Å². The monoisotopic (exact) mass is 456 g/mol. The highest BCUT2D eigenvalue weighted by molar-refractivity contribution is 5.91. The first-order valence-corrected chi connectivity index (χ1v) is 11.3. The van der Waals surface area contributed by atoms with E-state index in [9.17, 15) is 4.79 Å². The van der Waals surface area contributed by atoms with E-state index in [4.69, 9.17) is 9.47 Å². The number of hydrogen-bond donors (Lipinski definition) is 2. The first-order valence-electron chi connectivity index (χ1n) is 11.3. The van der Waals surface area contributed by atoms with Gasteiger partial charge in [-0.25, -0.2) is 9.78 Å². The van der Waals surface area contributed by atoms with Crippen LogP contribution in [0.2, 0.25) is 0 Å². The molecule has 174 valence electrons. The molecular formula is C27H28N4O3. The summed E-state index contributed by atoms with van der Waals surface area (Å²) in [5.41, 5.74) is 6.83. The number of nitrogens with zero attached hydrogens (tertiary/aromatic N) is 2. The number of methoxy groups -OCH3 is 2. The minimum absolute atomic E-state index is 0.162. The molecule has 7 heteroatoms. The third-order valence-electron chi connectivity index (χ3n) is 6.37. The standard InChI is InChI=1S/C27H28N4O3/c1-16-12-17(2)14-18(13-16)29-27(32)31-11-9-20-21-6-5-10-28-26(21)30-24(20)25(31)22-8-7-19(33-3)15-23(22)34-4/h5-8,10,12-15,25H,9,11H2,1-4H3,(H,28,30)(H,29,32). The quantitative estimate of drug-likeness (QED) is 0.432. The molecule has 0 aliphatic carbocycles. The highest BCUT2D eigenvalue weighted by atomic mass is 16.5. The second kappa shape index (κ2) is 8.74. The number of ether oxygens (including phenoxy) is 2. The second-order valence-corrected chi connectivity index (χ2v) is 8.68. The molecule has 0 fully saturated rings. The van der Waals surface area contributed by atoms with Gasteiger partial charge in [0.05, 0.1) is 14.2 Å².